The second kappa shape index (κ2) is 8.04. The first-order chi connectivity index (χ1) is 10.1. The normalized spacial score (nSPS) is 16.8. The zero-order valence-electron chi connectivity index (χ0n) is 12.4. The number of alkyl halides is 1. The summed E-state index contributed by atoms with van der Waals surface area (Å²) < 4.78 is 27.2. The highest BCUT2D eigenvalue weighted by atomic mass is 35.5. The third-order valence-electron chi connectivity index (χ3n) is 3.98. The van der Waals surface area contributed by atoms with Crippen LogP contribution in [-0.4, -0.2) is 20.1 Å². The molecule has 0 unspecified atom stereocenters. The molecule has 1 aliphatic rings. The lowest BCUT2D eigenvalue weighted by Gasteiger charge is -2.21. The van der Waals surface area contributed by atoms with Crippen molar-refractivity contribution in [3.05, 3.63) is 29.8 Å². The average Bonchev–Trinajstić information content (AvgIpc) is 2.45. The molecule has 0 aliphatic heterocycles. The van der Waals surface area contributed by atoms with Crippen molar-refractivity contribution in [1.82, 2.24) is 0 Å². The van der Waals surface area contributed by atoms with Crippen molar-refractivity contribution in [2.75, 3.05) is 16.4 Å². The molecule has 0 saturated heterocycles. The number of hydrogen-bond acceptors (Lipinski definition) is 2. The van der Waals surface area contributed by atoms with E-state index >= 15 is 0 Å². The summed E-state index contributed by atoms with van der Waals surface area (Å²) in [6.07, 6.45) is 7.42. The molecule has 1 N–H and O–H groups in total. The molecule has 0 bridgehead atoms. The molecule has 0 radical (unpaired) electrons. The van der Waals surface area contributed by atoms with E-state index in [1.165, 1.54) is 6.42 Å². The third kappa shape index (κ3) is 5.87. The number of nitrogens with one attached hydrogen (secondary N) is 1. The lowest BCUT2D eigenvalue weighted by molar-refractivity contribution is 0.385. The van der Waals surface area contributed by atoms with Gasteiger partial charge in [0.05, 0.1) is 5.75 Å². The van der Waals surface area contributed by atoms with Crippen LogP contribution in [0.2, 0.25) is 0 Å². The molecule has 0 aromatic heterocycles. The summed E-state index contributed by atoms with van der Waals surface area (Å²) in [5.74, 6) is 1.19. The average molecular weight is 330 g/mol. The predicted octanol–water partition coefficient (Wildman–Crippen LogP) is 4.18. The van der Waals surface area contributed by atoms with E-state index in [1.54, 1.807) is 0 Å². The zero-order valence-corrected chi connectivity index (χ0v) is 13.9. The molecule has 0 amide bonds. The van der Waals surface area contributed by atoms with Crippen molar-refractivity contribution in [3.8, 4) is 0 Å². The molecule has 0 heterocycles. The van der Waals surface area contributed by atoms with Crippen LogP contribution < -0.4 is 4.72 Å². The Hall–Kier alpha value is -0.740. The van der Waals surface area contributed by atoms with Gasteiger partial charge in [0.2, 0.25) is 10.0 Å². The first-order valence-corrected chi connectivity index (χ1v) is 9.93. The monoisotopic (exact) mass is 329 g/mol. The molecule has 0 atom stereocenters. The van der Waals surface area contributed by atoms with Crippen molar-refractivity contribution < 1.29 is 8.42 Å². The Bertz CT molecular complexity index is 539. The van der Waals surface area contributed by atoms with Gasteiger partial charge in [0.15, 0.2) is 0 Å². The molecule has 118 valence electrons. The highest BCUT2D eigenvalue weighted by Gasteiger charge is 2.21. The maximum Gasteiger partial charge on any atom is 0.232 e. The van der Waals surface area contributed by atoms with Gasteiger partial charge < -0.3 is 0 Å². The summed E-state index contributed by atoms with van der Waals surface area (Å²) in [6.45, 7) is 0. The standard InChI is InChI=1S/C16H24ClNO2S/c17-11-5-9-14-8-4-10-16(12-14)18-21(19,20)13-15-6-2-1-3-7-15/h4,8,10,12,15,18H,1-3,5-7,9,11,13H2. The van der Waals surface area contributed by atoms with E-state index < -0.39 is 10.0 Å². The van der Waals surface area contributed by atoms with Crippen molar-refractivity contribution in [3.63, 3.8) is 0 Å². The SMILES string of the molecule is O=S(=O)(CC1CCCCC1)Nc1cccc(CCCCl)c1. The molecule has 1 saturated carbocycles. The molecule has 0 spiro atoms. The molecule has 1 aromatic carbocycles. The Balaban J connectivity index is 1.95. The van der Waals surface area contributed by atoms with Gasteiger partial charge in [-0.25, -0.2) is 8.42 Å². The summed E-state index contributed by atoms with van der Waals surface area (Å²) in [6, 6.07) is 7.61. The lowest BCUT2D eigenvalue weighted by atomic mass is 9.91. The summed E-state index contributed by atoms with van der Waals surface area (Å²) >= 11 is 5.69. The van der Waals surface area contributed by atoms with Crippen LogP contribution in [0.25, 0.3) is 0 Å². The number of sulfonamides is 1. The zero-order chi connectivity index (χ0) is 15.1. The second-order valence-corrected chi connectivity index (χ2v) is 8.03. The number of benzene rings is 1. The van der Waals surface area contributed by atoms with E-state index in [9.17, 15) is 8.42 Å². The lowest BCUT2D eigenvalue weighted by Crippen LogP contribution is -2.24. The molecule has 3 nitrogen and oxygen atoms in total. The first kappa shape index (κ1) is 16.6. The van der Waals surface area contributed by atoms with Gasteiger partial charge in [-0.15, -0.1) is 11.6 Å². The predicted molar refractivity (Wildman–Crippen MR) is 89.5 cm³/mol. The molecule has 21 heavy (non-hydrogen) atoms. The van der Waals surface area contributed by atoms with Crippen LogP contribution in [0.4, 0.5) is 5.69 Å². The van der Waals surface area contributed by atoms with Gasteiger partial charge >= 0.3 is 0 Å². The molecule has 5 heteroatoms. The Morgan fingerprint density at radius 3 is 2.67 bits per heavy atom. The molecule has 1 aliphatic carbocycles. The van der Waals surface area contributed by atoms with Crippen molar-refractivity contribution in [1.29, 1.82) is 0 Å². The minimum Gasteiger partial charge on any atom is -0.284 e. The number of anilines is 1. The van der Waals surface area contributed by atoms with E-state index in [0.29, 0.717) is 17.5 Å². The van der Waals surface area contributed by atoms with Crippen LogP contribution in [0.5, 0.6) is 0 Å². The number of rotatable bonds is 7. The first-order valence-electron chi connectivity index (χ1n) is 7.74. The quantitative estimate of drug-likeness (QED) is 0.763. The largest absolute Gasteiger partial charge is 0.284 e. The van der Waals surface area contributed by atoms with Gasteiger partial charge in [0.25, 0.3) is 0 Å². The van der Waals surface area contributed by atoms with E-state index in [4.69, 9.17) is 11.6 Å². The second-order valence-electron chi connectivity index (χ2n) is 5.88. The highest BCUT2D eigenvalue weighted by Crippen LogP contribution is 2.25. The number of halogens is 1. The summed E-state index contributed by atoms with van der Waals surface area (Å²) in [4.78, 5) is 0. The van der Waals surface area contributed by atoms with Gasteiger partial charge in [-0.05, 0) is 49.3 Å². The van der Waals surface area contributed by atoms with Gasteiger partial charge in [0.1, 0.15) is 0 Å². The smallest absolute Gasteiger partial charge is 0.232 e. The van der Waals surface area contributed by atoms with Crippen LogP contribution in [0.3, 0.4) is 0 Å². The van der Waals surface area contributed by atoms with Crippen LogP contribution in [0.15, 0.2) is 24.3 Å². The van der Waals surface area contributed by atoms with Gasteiger partial charge in [-0.3, -0.25) is 4.72 Å². The van der Waals surface area contributed by atoms with Gasteiger partial charge in [-0.1, -0.05) is 31.4 Å². The van der Waals surface area contributed by atoms with Crippen molar-refractivity contribution >= 4 is 27.3 Å². The van der Waals surface area contributed by atoms with Crippen LogP contribution in [0.1, 0.15) is 44.1 Å². The molecule has 1 fully saturated rings. The fourth-order valence-corrected chi connectivity index (χ4v) is 4.60. The Morgan fingerprint density at radius 1 is 1.19 bits per heavy atom. The topological polar surface area (TPSA) is 46.2 Å². The van der Waals surface area contributed by atoms with E-state index in [2.05, 4.69) is 4.72 Å². The molecule has 1 aromatic rings. The summed E-state index contributed by atoms with van der Waals surface area (Å²) in [5, 5.41) is 0. The molecular weight excluding hydrogens is 306 g/mol. The summed E-state index contributed by atoms with van der Waals surface area (Å²) in [7, 11) is -3.25. The highest BCUT2D eigenvalue weighted by molar-refractivity contribution is 7.92. The number of hydrogen-bond donors (Lipinski definition) is 1. The molecular formula is C16H24ClNO2S. The third-order valence-corrected chi connectivity index (χ3v) is 5.70. The van der Waals surface area contributed by atoms with Gasteiger partial charge in [-0.2, -0.15) is 0 Å². The molecule has 2 rings (SSSR count). The fraction of sp³-hybridized carbons (Fsp3) is 0.625. The van der Waals surface area contributed by atoms with Crippen LogP contribution >= 0.6 is 11.6 Å². The fourth-order valence-electron chi connectivity index (χ4n) is 2.95. The Kier molecular flexibility index (Phi) is 6.37. The van der Waals surface area contributed by atoms with Crippen molar-refractivity contribution in [2.45, 2.75) is 44.9 Å². The number of aryl methyl sites for hydroxylation is 1. The maximum absolute atomic E-state index is 12.3. The van der Waals surface area contributed by atoms with Crippen LogP contribution in [-0.2, 0) is 16.4 Å². The van der Waals surface area contributed by atoms with E-state index in [0.717, 1.165) is 44.1 Å². The minimum absolute atomic E-state index is 0.249. The Morgan fingerprint density at radius 2 is 1.95 bits per heavy atom. The van der Waals surface area contributed by atoms with Crippen molar-refractivity contribution in [2.24, 2.45) is 5.92 Å². The summed E-state index contributed by atoms with van der Waals surface area (Å²) in [5.41, 5.74) is 1.78. The maximum atomic E-state index is 12.3. The Labute approximate surface area is 133 Å². The minimum atomic E-state index is -3.25. The van der Waals surface area contributed by atoms with E-state index in [-0.39, 0.29) is 5.75 Å². The van der Waals surface area contributed by atoms with Crippen LogP contribution in [0, 0.1) is 5.92 Å². The van der Waals surface area contributed by atoms with Gasteiger partial charge in [0, 0.05) is 11.6 Å². The van der Waals surface area contributed by atoms with E-state index in [1.807, 2.05) is 24.3 Å².